The van der Waals surface area contributed by atoms with Crippen LogP contribution in [0.4, 0.5) is 0 Å². The van der Waals surface area contributed by atoms with Crippen molar-refractivity contribution < 1.29 is 9.59 Å². The summed E-state index contributed by atoms with van der Waals surface area (Å²) in [5.41, 5.74) is 3.49. The van der Waals surface area contributed by atoms with Gasteiger partial charge in [-0.25, -0.2) is 0 Å². The SMILES string of the molecule is Cc1ccc2c(CCNC(=O)[C@H](C)NC(=O)c3cccs3)c[nH]c2c1. The lowest BCUT2D eigenvalue weighted by Gasteiger charge is -2.13. The Bertz CT molecular complexity index is 883. The Morgan fingerprint density at radius 3 is 2.88 bits per heavy atom. The molecule has 2 aromatic heterocycles. The molecule has 0 unspecified atom stereocenters. The van der Waals surface area contributed by atoms with Gasteiger partial charge in [-0.3, -0.25) is 9.59 Å². The summed E-state index contributed by atoms with van der Waals surface area (Å²) in [7, 11) is 0. The molecule has 3 N–H and O–H groups in total. The summed E-state index contributed by atoms with van der Waals surface area (Å²) in [6.45, 7) is 4.28. The molecular formula is C19H21N3O2S. The number of H-pyrrole nitrogens is 1. The highest BCUT2D eigenvalue weighted by Crippen LogP contribution is 2.19. The Kier molecular flexibility index (Phi) is 5.19. The first kappa shape index (κ1) is 17.2. The van der Waals surface area contributed by atoms with Crippen LogP contribution in [0.3, 0.4) is 0 Å². The quantitative estimate of drug-likeness (QED) is 0.636. The van der Waals surface area contributed by atoms with Gasteiger partial charge in [0.25, 0.3) is 5.91 Å². The molecule has 0 saturated heterocycles. The minimum absolute atomic E-state index is 0.180. The standard InChI is InChI=1S/C19H21N3O2S/c1-12-5-6-15-14(11-21-16(15)10-12)7-8-20-18(23)13(2)22-19(24)17-4-3-9-25-17/h3-6,9-11,13,21H,7-8H2,1-2H3,(H,20,23)(H,22,24)/t13-/m0/s1. The van der Waals surface area contributed by atoms with Gasteiger partial charge in [-0.05, 0) is 48.9 Å². The molecule has 130 valence electrons. The third kappa shape index (κ3) is 4.09. The van der Waals surface area contributed by atoms with E-state index < -0.39 is 6.04 Å². The fraction of sp³-hybridized carbons (Fsp3) is 0.263. The van der Waals surface area contributed by atoms with Crippen LogP contribution in [0.1, 0.15) is 27.7 Å². The lowest BCUT2D eigenvalue weighted by molar-refractivity contribution is -0.122. The van der Waals surface area contributed by atoms with Crippen molar-refractivity contribution in [3.63, 3.8) is 0 Å². The number of hydrogen-bond acceptors (Lipinski definition) is 3. The molecule has 0 aliphatic heterocycles. The molecule has 1 atom stereocenters. The number of thiophene rings is 1. The van der Waals surface area contributed by atoms with Crippen LogP contribution < -0.4 is 10.6 Å². The second-order valence-corrected chi connectivity index (χ2v) is 7.02. The number of aryl methyl sites for hydroxylation is 1. The number of carbonyl (C=O) groups excluding carboxylic acids is 2. The minimum Gasteiger partial charge on any atom is -0.361 e. The monoisotopic (exact) mass is 355 g/mol. The van der Waals surface area contributed by atoms with Crippen LogP contribution in [0, 0.1) is 6.92 Å². The van der Waals surface area contributed by atoms with Crippen LogP contribution >= 0.6 is 11.3 Å². The van der Waals surface area contributed by atoms with Crippen LogP contribution in [0.25, 0.3) is 10.9 Å². The average Bonchev–Trinajstić information content (AvgIpc) is 3.24. The largest absolute Gasteiger partial charge is 0.361 e. The first-order valence-corrected chi connectivity index (χ1v) is 9.11. The smallest absolute Gasteiger partial charge is 0.261 e. The zero-order valence-electron chi connectivity index (χ0n) is 14.3. The van der Waals surface area contributed by atoms with Crippen LogP contribution in [0.5, 0.6) is 0 Å². The van der Waals surface area contributed by atoms with E-state index in [0.29, 0.717) is 11.4 Å². The summed E-state index contributed by atoms with van der Waals surface area (Å²) >= 11 is 1.36. The molecule has 3 aromatic rings. The van der Waals surface area contributed by atoms with E-state index in [1.807, 2.05) is 17.6 Å². The van der Waals surface area contributed by atoms with Crippen molar-refractivity contribution in [3.05, 3.63) is 57.9 Å². The molecule has 0 spiro atoms. The van der Waals surface area contributed by atoms with Crippen molar-refractivity contribution >= 4 is 34.1 Å². The average molecular weight is 355 g/mol. The zero-order chi connectivity index (χ0) is 17.8. The van der Waals surface area contributed by atoms with E-state index in [2.05, 4.69) is 40.7 Å². The van der Waals surface area contributed by atoms with Crippen molar-refractivity contribution in [2.24, 2.45) is 0 Å². The molecule has 0 aliphatic carbocycles. The number of nitrogens with one attached hydrogen (secondary N) is 3. The lowest BCUT2D eigenvalue weighted by Crippen LogP contribution is -2.45. The number of fused-ring (bicyclic) bond motifs is 1. The van der Waals surface area contributed by atoms with Crippen LogP contribution in [-0.4, -0.2) is 29.4 Å². The van der Waals surface area contributed by atoms with Gasteiger partial charge in [-0.2, -0.15) is 0 Å². The normalized spacial score (nSPS) is 12.1. The summed E-state index contributed by atoms with van der Waals surface area (Å²) in [6.07, 6.45) is 2.72. The molecule has 3 rings (SSSR count). The predicted octanol–water partition coefficient (Wildman–Crippen LogP) is 3.02. The van der Waals surface area contributed by atoms with E-state index >= 15 is 0 Å². The highest BCUT2D eigenvalue weighted by Gasteiger charge is 2.16. The number of carbonyl (C=O) groups is 2. The van der Waals surface area contributed by atoms with E-state index in [1.54, 1.807) is 13.0 Å². The van der Waals surface area contributed by atoms with Gasteiger partial charge < -0.3 is 15.6 Å². The van der Waals surface area contributed by atoms with Gasteiger partial charge in [0.05, 0.1) is 4.88 Å². The molecule has 0 fully saturated rings. The van der Waals surface area contributed by atoms with Crippen molar-refractivity contribution in [2.45, 2.75) is 26.3 Å². The van der Waals surface area contributed by atoms with E-state index in [-0.39, 0.29) is 11.8 Å². The van der Waals surface area contributed by atoms with E-state index in [4.69, 9.17) is 0 Å². The van der Waals surface area contributed by atoms with Gasteiger partial charge in [0.2, 0.25) is 5.91 Å². The predicted molar refractivity (Wildman–Crippen MR) is 101 cm³/mol. The molecule has 0 bridgehead atoms. The summed E-state index contributed by atoms with van der Waals surface area (Å²) in [5.74, 6) is -0.398. The summed E-state index contributed by atoms with van der Waals surface area (Å²) in [4.78, 5) is 28.0. The highest BCUT2D eigenvalue weighted by molar-refractivity contribution is 7.12. The Balaban J connectivity index is 1.50. The Morgan fingerprint density at radius 2 is 2.12 bits per heavy atom. The van der Waals surface area contributed by atoms with Crippen molar-refractivity contribution in [3.8, 4) is 0 Å². The summed E-state index contributed by atoms with van der Waals surface area (Å²) in [5, 5.41) is 8.61. The molecule has 1 aromatic carbocycles. The Morgan fingerprint density at radius 1 is 1.28 bits per heavy atom. The van der Waals surface area contributed by atoms with E-state index in [1.165, 1.54) is 27.8 Å². The number of rotatable bonds is 6. The first-order chi connectivity index (χ1) is 12.0. The molecule has 6 heteroatoms. The van der Waals surface area contributed by atoms with Gasteiger partial charge in [0, 0.05) is 23.6 Å². The molecule has 2 amide bonds. The first-order valence-electron chi connectivity index (χ1n) is 8.23. The van der Waals surface area contributed by atoms with E-state index in [9.17, 15) is 9.59 Å². The number of aromatic amines is 1. The summed E-state index contributed by atoms with van der Waals surface area (Å²) in [6, 6.07) is 9.28. The van der Waals surface area contributed by atoms with Crippen LogP contribution in [0.2, 0.25) is 0 Å². The second kappa shape index (κ2) is 7.53. The molecule has 0 radical (unpaired) electrons. The minimum atomic E-state index is -0.569. The fourth-order valence-electron chi connectivity index (χ4n) is 2.72. The van der Waals surface area contributed by atoms with Crippen molar-refractivity contribution in [1.29, 1.82) is 0 Å². The molecule has 5 nitrogen and oxygen atoms in total. The number of benzene rings is 1. The van der Waals surface area contributed by atoms with Gasteiger partial charge in [-0.15, -0.1) is 11.3 Å². The second-order valence-electron chi connectivity index (χ2n) is 6.08. The third-order valence-electron chi connectivity index (χ3n) is 4.10. The zero-order valence-corrected chi connectivity index (χ0v) is 15.1. The molecule has 0 saturated carbocycles. The lowest BCUT2D eigenvalue weighted by atomic mass is 10.1. The topological polar surface area (TPSA) is 74.0 Å². The van der Waals surface area contributed by atoms with Gasteiger partial charge in [-0.1, -0.05) is 18.2 Å². The van der Waals surface area contributed by atoms with Crippen molar-refractivity contribution in [2.75, 3.05) is 6.54 Å². The highest BCUT2D eigenvalue weighted by atomic mass is 32.1. The van der Waals surface area contributed by atoms with E-state index in [0.717, 1.165) is 11.9 Å². The molecular weight excluding hydrogens is 334 g/mol. The summed E-state index contributed by atoms with van der Waals surface area (Å²) < 4.78 is 0. The number of hydrogen-bond donors (Lipinski definition) is 3. The maximum atomic E-state index is 12.2. The fourth-order valence-corrected chi connectivity index (χ4v) is 3.35. The number of amides is 2. The third-order valence-corrected chi connectivity index (χ3v) is 4.97. The van der Waals surface area contributed by atoms with Crippen LogP contribution in [0.15, 0.2) is 41.9 Å². The van der Waals surface area contributed by atoms with Gasteiger partial charge >= 0.3 is 0 Å². The van der Waals surface area contributed by atoms with Gasteiger partial charge in [0.1, 0.15) is 6.04 Å². The Hall–Kier alpha value is -2.60. The molecule has 0 aliphatic rings. The van der Waals surface area contributed by atoms with Crippen molar-refractivity contribution in [1.82, 2.24) is 15.6 Å². The maximum Gasteiger partial charge on any atom is 0.261 e. The molecule has 25 heavy (non-hydrogen) atoms. The Labute approximate surface area is 150 Å². The van der Waals surface area contributed by atoms with Crippen LogP contribution in [-0.2, 0) is 11.2 Å². The van der Waals surface area contributed by atoms with Gasteiger partial charge in [0.15, 0.2) is 0 Å². The molecule has 2 heterocycles. The maximum absolute atomic E-state index is 12.2. The number of aromatic nitrogens is 1.